The van der Waals surface area contributed by atoms with E-state index in [2.05, 4.69) is 4.90 Å². The van der Waals surface area contributed by atoms with Crippen molar-refractivity contribution in [2.75, 3.05) is 6.54 Å². The van der Waals surface area contributed by atoms with Crippen molar-refractivity contribution in [1.29, 1.82) is 0 Å². The number of aliphatic hydroxyl groups is 1. The molecule has 0 aliphatic heterocycles. The van der Waals surface area contributed by atoms with Crippen LogP contribution >= 0.6 is 0 Å². The van der Waals surface area contributed by atoms with Gasteiger partial charge in [0.1, 0.15) is 6.10 Å². The van der Waals surface area contributed by atoms with Gasteiger partial charge in [-0.1, -0.05) is 60.7 Å². The highest BCUT2D eigenvalue weighted by molar-refractivity contribution is 5.17. The quantitative estimate of drug-likeness (QED) is 0.601. The van der Waals surface area contributed by atoms with E-state index in [0.717, 1.165) is 11.1 Å². The minimum absolute atomic E-state index is 0.319. The van der Waals surface area contributed by atoms with E-state index in [1.807, 2.05) is 67.6 Å². The lowest BCUT2D eigenvalue weighted by molar-refractivity contribution is -0.491. The van der Waals surface area contributed by atoms with Crippen molar-refractivity contribution < 1.29 is 10.0 Å². The van der Waals surface area contributed by atoms with Crippen LogP contribution in [0.5, 0.6) is 0 Å². The molecule has 5 heteroatoms. The topological polar surface area (TPSA) is 66.6 Å². The van der Waals surface area contributed by atoms with Crippen LogP contribution in [0.2, 0.25) is 0 Å². The van der Waals surface area contributed by atoms with Gasteiger partial charge in [-0.15, -0.1) is 0 Å². The number of aliphatic hydroxyl groups excluding tert-OH is 1. The number of nitro groups is 1. The van der Waals surface area contributed by atoms with Crippen molar-refractivity contribution in [3.05, 3.63) is 81.9 Å². The summed E-state index contributed by atoms with van der Waals surface area (Å²) in [7, 11) is 0. The number of nitrogens with zero attached hydrogens (tertiary/aromatic N) is 2. The van der Waals surface area contributed by atoms with E-state index in [0.29, 0.717) is 13.1 Å². The average Bonchev–Trinajstić information content (AvgIpc) is 2.55. The lowest BCUT2D eigenvalue weighted by atomic mass is 10.1. The van der Waals surface area contributed by atoms with Crippen LogP contribution in [0.15, 0.2) is 60.7 Å². The second-order valence-electron chi connectivity index (χ2n) is 5.70. The first-order chi connectivity index (χ1) is 11.1. The molecule has 2 aromatic carbocycles. The number of benzene rings is 2. The van der Waals surface area contributed by atoms with Crippen molar-refractivity contribution in [2.45, 2.75) is 32.2 Å². The first-order valence-electron chi connectivity index (χ1n) is 7.68. The molecule has 23 heavy (non-hydrogen) atoms. The number of rotatable bonds is 8. The third kappa shape index (κ3) is 5.47. The molecule has 0 bridgehead atoms. The Labute approximate surface area is 136 Å². The maximum absolute atomic E-state index is 10.7. The summed E-state index contributed by atoms with van der Waals surface area (Å²) in [5, 5.41) is 20.8. The molecule has 0 saturated heterocycles. The highest BCUT2D eigenvalue weighted by Crippen LogP contribution is 2.15. The molecule has 2 atom stereocenters. The van der Waals surface area contributed by atoms with Crippen LogP contribution in [0, 0.1) is 10.1 Å². The largest absolute Gasteiger partial charge is 0.385 e. The summed E-state index contributed by atoms with van der Waals surface area (Å²) < 4.78 is 0. The fraction of sp³-hybridized carbons (Fsp3) is 0.333. The molecular weight excluding hydrogens is 292 g/mol. The maximum Gasteiger partial charge on any atom is 0.230 e. The normalized spacial score (nSPS) is 13.7. The number of hydrogen-bond donors (Lipinski definition) is 1. The van der Waals surface area contributed by atoms with E-state index in [1.54, 1.807) is 0 Å². The Morgan fingerprint density at radius 3 is 1.83 bits per heavy atom. The Morgan fingerprint density at radius 2 is 1.43 bits per heavy atom. The molecular formula is C18H22N2O3. The van der Waals surface area contributed by atoms with Crippen LogP contribution in [0.1, 0.15) is 18.1 Å². The minimum atomic E-state index is -1.00. The fourth-order valence-corrected chi connectivity index (χ4v) is 2.53. The highest BCUT2D eigenvalue weighted by atomic mass is 16.6. The molecule has 2 rings (SSSR count). The molecule has 0 aliphatic carbocycles. The zero-order valence-corrected chi connectivity index (χ0v) is 13.2. The van der Waals surface area contributed by atoms with Crippen LogP contribution < -0.4 is 0 Å². The minimum Gasteiger partial charge on any atom is -0.385 e. The van der Waals surface area contributed by atoms with E-state index in [-0.39, 0.29) is 6.04 Å². The lowest BCUT2D eigenvalue weighted by Gasteiger charge is -2.31. The Morgan fingerprint density at radius 1 is 1.00 bits per heavy atom. The van der Waals surface area contributed by atoms with Crippen molar-refractivity contribution >= 4 is 0 Å². The summed E-state index contributed by atoms with van der Waals surface area (Å²) >= 11 is 0. The molecule has 0 saturated carbocycles. The second kappa shape index (κ2) is 8.41. The molecule has 0 spiro atoms. The van der Waals surface area contributed by atoms with Gasteiger partial charge in [0.05, 0.1) is 0 Å². The van der Waals surface area contributed by atoms with Crippen LogP contribution in [0.4, 0.5) is 0 Å². The molecule has 0 aromatic heterocycles. The third-order valence-electron chi connectivity index (χ3n) is 3.93. The third-order valence-corrected chi connectivity index (χ3v) is 3.93. The summed E-state index contributed by atoms with van der Waals surface area (Å²) in [6, 6.07) is 19.5. The standard InChI is InChI=1S/C18H22N2O3/c1-15(18(21)14-20(22)23)19(12-16-8-4-2-5-9-16)13-17-10-6-3-7-11-17/h2-11,15,18,21H,12-14H2,1H3/t15-,18-/m1/s1. The van der Waals surface area contributed by atoms with E-state index >= 15 is 0 Å². The molecule has 0 unspecified atom stereocenters. The molecule has 0 radical (unpaired) electrons. The fourth-order valence-electron chi connectivity index (χ4n) is 2.53. The predicted molar refractivity (Wildman–Crippen MR) is 89.5 cm³/mol. The first kappa shape index (κ1) is 17.1. The Hall–Kier alpha value is -2.24. The molecule has 122 valence electrons. The van der Waals surface area contributed by atoms with Gasteiger partial charge >= 0.3 is 0 Å². The molecule has 0 aliphatic rings. The van der Waals surface area contributed by atoms with Crippen LogP contribution in [0.25, 0.3) is 0 Å². The van der Waals surface area contributed by atoms with Gasteiger partial charge < -0.3 is 5.11 Å². The zero-order valence-electron chi connectivity index (χ0n) is 13.2. The first-order valence-corrected chi connectivity index (χ1v) is 7.68. The summed E-state index contributed by atoms with van der Waals surface area (Å²) in [6.07, 6.45) is -1.00. The zero-order chi connectivity index (χ0) is 16.7. The van der Waals surface area contributed by atoms with Crippen LogP contribution in [-0.4, -0.2) is 33.6 Å². The van der Waals surface area contributed by atoms with Crippen molar-refractivity contribution in [3.8, 4) is 0 Å². The summed E-state index contributed by atoms with van der Waals surface area (Å²) in [4.78, 5) is 12.3. The van der Waals surface area contributed by atoms with E-state index in [4.69, 9.17) is 0 Å². The molecule has 2 aromatic rings. The van der Waals surface area contributed by atoms with E-state index < -0.39 is 17.6 Å². The molecule has 5 nitrogen and oxygen atoms in total. The van der Waals surface area contributed by atoms with Crippen molar-refractivity contribution in [1.82, 2.24) is 4.90 Å². The second-order valence-corrected chi connectivity index (χ2v) is 5.70. The average molecular weight is 314 g/mol. The van der Waals surface area contributed by atoms with Gasteiger partial charge in [-0.2, -0.15) is 0 Å². The van der Waals surface area contributed by atoms with Crippen molar-refractivity contribution in [3.63, 3.8) is 0 Å². The molecule has 0 amide bonds. The summed E-state index contributed by atoms with van der Waals surface area (Å²) in [6.45, 7) is 2.65. The molecule has 1 N–H and O–H groups in total. The monoisotopic (exact) mass is 314 g/mol. The summed E-state index contributed by atoms with van der Waals surface area (Å²) in [5.74, 6) is 0. The Balaban J connectivity index is 2.14. The molecule has 0 fully saturated rings. The lowest BCUT2D eigenvalue weighted by Crippen LogP contribution is -2.43. The highest BCUT2D eigenvalue weighted by Gasteiger charge is 2.25. The van der Waals surface area contributed by atoms with Gasteiger partial charge in [0, 0.05) is 24.1 Å². The van der Waals surface area contributed by atoms with Gasteiger partial charge in [0.2, 0.25) is 6.54 Å². The van der Waals surface area contributed by atoms with Crippen molar-refractivity contribution in [2.24, 2.45) is 0 Å². The van der Waals surface area contributed by atoms with Gasteiger partial charge in [-0.25, -0.2) is 0 Å². The maximum atomic E-state index is 10.7. The van der Waals surface area contributed by atoms with Gasteiger partial charge in [-0.05, 0) is 18.1 Å². The van der Waals surface area contributed by atoms with Gasteiger partial charge in [0.25, 0.3) is 0 Å². The van der Waals surface area contributed by atoms with Crippen LogP contribution in [0.3, 0.4) is 0 Å². The summed E-state index contributed by atoms with van der Waals surface area (Å²) in [5.41, 5.74) is 2.23. The molecule has 0 heterocycles. The Bertz CT molecular complexity index is 563. The van der Waals surface area contributed by atoms with E-state index in [1.165, 1.54) is 0 Å². The SMILES string of the molecule is C[C@H]([C@H](O)C[N+](=O)[O-])N(Cc1ccccc1)Cc1ccccc1. The van der Waals surface area contributed by atoms with Gasteiger partial charge in [-0.3, -0.25) is 15.0 Å². The van der Waals surface area contributed by atoms with E-state index in [9.17, 15) is 15.2 Å². The van der Waals surface area contributed by atoms with Crippen LogP contribution in [-0.2, 0) is 13.1 Å². The predicted octanol–water partition coefficient (Wildman–Crippen LogP) is 2.71. The number of hydrogen-bond acceptors (Lipinski definition) is 4. The Kier molecular flexibility index (Phi) is 6.26. The smallest absolute Gasteiger partial charge is 0.230 e. The van der Waals surface area contributed by atoms with Gasteiger partial charge in [0.15, 0.2) is 0 Å².